The molecule has 0 aromatic heterocycles. The minimum atomic E-state index is -0.405. The molecule has 0 spiro atoms. The van der Waals surface area contributed by atoms with Gasteiger partial charge in [0.1, 0.15) is 5.82 Å². The number of halogens is 2. The summed E-state index contributed by atoms with van der Waals surface area (Å²) in [7, 11) is 0. The molecule has 1 aromatic rings. The lowest BCUT2D eigenvalue weighted by molar-refractivity contribution is 0.624. The topological polar surface area (TPSA) is 52.0 Å². The Bertz CT molecular complexity index is 425. The molecule has 0 bridgehead atoms. The highest BCUT2D eigenvalue weighted by molar-refractivity contribution is 6.30. The van der Waals surface area contributed by atoms with E-state index in [1.807, 2.05) is 0 Å². The number of nitrogens with two attached hydrogens (primary N) is 2. The Labute approximate surface area is 93.0 Å². The second kappa shape index (κ2) is 4.84. The maximum atomic E-state index is 13.3. The minimum Gasteiger partial charge on any atom is -0.404 e. The predicted molar refractivity (Wildman–Crippen MR) is 61.5 cm³/mol. The highest BCUT2D eigenvalue weighted by Gasteiger charge is 2.05. The summed E-state index contributed by atoms with van der Waals surface area (Å²) in [4.78, 5) is 0. The van der Waals surface area contributed by atoms with E-state index in [0.717, 1.165) is 5.57 Å². The Morgan fingerprint density at radius 1 is 1.47 bits per heavy atom. The van der Waals surface area contributed by atoms with E-state index < -0.39 is 5.82 Å². The molecule has 0 atom stereocenters. The molecule has 2 nitrogen and oxygen atoms in total. The summed E-state index contributed by atoms with van der Waals surface area (Å²) >= 11 is 5.74. The summed E-state index contributed by atoms with van der Waals surface area (Å²) in [6.45, 7) is 1.77. The molecular weight excluding hydrogens is 215 g/mol. The Hall–Kier alpha value is -1.48. The van der Waals surface area contributed by atoms with Crippen molar-refractivity contribution in [2.24, 2.45) is 11.5 Å². The van der Waals surface area contributed by atoms with Gasteiger partial charge in [-0.1, -0.05) is 11.6 Å². The molecule has 1 aromatic carbocycles. The molecule has 0 aliphatic heterocycles. The molecular formula is C11H12ClFN2. The zero-order chi connectivity index (χ0) is 11.4. The first-order valence-corrected chi connectivity index (χ1v) is 4.73. The molecule has 0 saturated heterocycles. The molecule has 15 heavy (non-hydrogen) atoms. The monoisotopic (exact) mass is 226 g/mol. The third-order valence-corrected chi connectivity index (χ3v) is 2.12. The summed E-state index contributed by atoms with van der Waals surface area (Å²) in [5.41, 5.74) is 12.3. The zero-order valence-corrected chi connectivity index (χ0v) is 9.05. The fourth-order valence-corrected chi connectivity index (χ4v) is 1.26. The van der Waals surface area contributed by atoms with Gasteiger partial charge in [0, 0.05) is 16.3 Å². The van der Waals surface area contributed by atoms with Crippen LogP contribution in [0.1, 0.15) is 12.5 Å². The van der Waals surface area contributed by atoms with Gasteiger partial charge in [-0.25, -0.2) is 4.39 Å². The van der Waals surface area contributed by atoms with E-state index in [1.165, 1.54) is 24.4 Å². The first kappa shape index (κ1) is 11.6. The first-order valence-electron chi connectivity index (χ1n) is 4.35. The van der Waals surface area contributed by atoms with E-state index in [-0.39, 0.29) is 5.56 Å². The lowest BCUT2D eigenvalue weighted by Crippen LogP contribution is -2.00. The minimum absolute atomic E-state index is 0.281. The number of allylic oxidation sites excluding steroid dienone is 2. The third-order valence-electron chi connectivity index (χ3n) is 1.89. The fourth-order valence-electron chi connectivity index (χ4n) is 1.09. The van der Waals surface area contributed by atoms with Gasteiger partial charge in [-0.2, -0.15) is 0 Å². The summed E-state index contributed by atoms with van der Waals surface area (Å²) < 4.78 is 13.3. The Morgan fingerprint density at radius 3 is 2.73 bits per heavy atom. The van der Waals surface area contributed by atoms with Crippen LogP contribution in [0.3, 0.4) is 0 Å². The van der Waals surface area contributed by atoms with Crippen molar-refractivity contribution in [2.45, 2.75) is 6.92 Å². The van der Waals surface area contributed by atoms with Crippen LogP contribution < -0.4 is 11.5 Å². The molecule has 4 N–H and O–H groups in total. The average Bonchev–Trinajstić information content (AvgIpc) is 2.21. The average molecular weight is 227 g/mol. The van der Waals surface area contributed by atoms with Gasteiger partial charge in [-0.15, -0.1) is 0 Å². The van der Waals surface area contributed by atoms with Crippen molar-refractivity contribution in [3.8, 4) is 0 Å². The van der Waals surface area contributed by atoms with Crippen molar-refractivity contribution in [2.75, 3.05) is 0 Å². The highest BCUT2D eigenvalue weighted by Crippen LogP contribution is 2.20. The summed E-state index contributed by atoms with van der Waals surface area (Å²) in [5.74, 6) is -0.405. The van der Waals surface area contributed by atoms with E-state index in [2.05, 4.69) is 0 Å². The highest BCUT2D eigenvalue weighted by atomic mass is 35.5. The standard InChI is InChI=1S/C11H12ClFN2/c1-7(6-14)4-11(15)9-5-8(12)2-3-10(9)13/h2-6H,14-15H2,1H3/b7-6-,11-4-. The van der Waals surface area contributed by atoms with E-state index in [1.54, 1.807) is 13.0 Å². The molecule has 0 aliphatic rings. The van der Waals surface area contributed by atoms with Gasteiger partial charge in [0.25, 0.3) is 0 Å². The summed E-state index contributed by atoms with van der Waals surface area (Å²) in [6.07, 6.45) is 2.99. The van der Waals surface area contributed by atoms with Crippen LogP contribution in [0.25, 0.3) is 5.70 Å². The molecule has 0 amide bonds. The molecule has 0 unspecified atom stereocenters. The van der Waals surface area contributed by atoms with Gasteiger partial charge in [-0.05, 0) is 43.0 Å². The van der Waals surface area contributed by atoms with Crippen LogP contribution in [0.4, 0.5) is 4.39 Å². The van der Waals surface area contributed by atoms with E-state index in [4.69, 9.17) is 23.1 Å². The predicted octanol–water partition coefficient (Wildman–Crippen LogP) is 2.64. The van der Waals surface area contributed by atoms with Gasteiger partial charge < -0.3 is 11.5 Å². The number of hydrogen-bond donors (Lipinski definition) is 2. The van der Waals surface area contributed by atoms with Gasteiger partial charge in [0.05, 0.1) is 0 Å². The van der Waals surface area contributed by atoms with Crippen molar-refractivity contribution < 1.29 is 4.39 Å². The normalized spacial score (nSPS) is 13.0. The van der Waals surface area contributed by atoms with Crippen LogP contribution >= 0.6 is 11.6 Å². The maximum Gasteiger partial charge on any atom is 0.132 e. The van der Waals surface area contributed by atoms with E-state index in [9.17, 15) is 4.39 Å². The molecule has 0 heterocycles. The van der Waals surface area contributed by atoms with Gasteiger partial charge in [0.2, 0.25) is 0 Å². The zero-order valence-electron chi connectivity index (χ0n) is 8.30. The van der Waals surface area contributed by atoms with Crippen molar-refractivity contribution >= 4 is 17.3 Å². The molecule has 0 fully saturated rings. The van der Waals surface area contributed by atoms with Crippen molar-refractivity contribution in [3.05, 3.63) is 52.5 Å². The molecule has 80 valence electrons. The van der Waals surface area contributed by atoms with Crippen LogP contribution in [0, 0.1) is 5.82 Å². The van der Waals surface area contributed by atoms with Crippen molar-refractivity contribution in [1.82, 2.24) is 0 Å². The first-order chi connectivity index (χ1) is 7.04. The smallest absolute Gasteiger partial charge is 0.132 e. The number of rotatable bonds is 2. The molecule has 0 saturated carbocycles. The van der Waals surface area contributed by atoms with Gasteiger partial charge in [-0.3, -0.25) is 0 Å². The van der Waals surface area contributed by atoms with Crippen molar-refractivity contribution in [1.29, 1.82) is 0 Å². The lowest BCUT2D eigenvalue weighted by atomic mass is 10.1. The molecule has 0 aliphatic carbocycles. The van der Waals surface area contributed by atoms with E-state index >= 15 is 0 Å². The second-order valence-corrected chi connectivity index (χ2v) is 3.57. The van der Waals surface area contributed by atoms with E-state index in [0.29, 0.717) is 10.7 Å². The quantitative estimate of drug-likeness (QED) is 0.762. The second-order valence-electron chi connectivity index (χ2n) is 3.13. The van der Waals surface area contributed by atoms with Gasteiger partial charge >= 0.3 is 0 Å². The van der Waals surface area contributed by atoms with Crippen LogP contribution in [0.5, 0.6) is 0 Å². The largest absolute Gasteiger partial charge is 0.404 e. The summed E-state index contributed by atoms with van der Waals surface area (Å²) in [6, 6.07) is 4.23. The van der Waals surface area contributed by atoms with Crippen LogP contribution in [0.15, 0.2) is 36.0 Å². The lowest BCUT2D eigenvalue weighted by Gasteiger charge is -2.04. The Morgan fingerprint density at radius 2 is 2.13 bits per heavy atom. The summed E-state index contributed by atoms with van der Waals surface area (Å²) in [5, 5.41) is 0.442. The van der Waals surface area contributed by atoms with Gasteiger partial charge in [0.15, 0.2) is 0 Å². The SMILES string of the molecule is CC(=C/N)/C=C(\N)c1cc(Cl)ccc1F. The third kappa shape index (κ3) is 2.99. The van der Waals surface area contributed by atoms with Crippen LogP contribution in [0.2, 0.25) is 5.02 Å². The Balaban J connectivity index is 3.16. The number of hydrogen-bond acceptors (Lipinski definition) is 2. The Kier molecular flexibility index (Phi) is 3.74. The molecule has 1 rings (SSSR count). The molecule has 0 radical (unpaired) electrons. The van der Waals surface area contributed by atoms with Crippen LogP contribution in [-0.2, 0) is 0 Å². The van der Waals surface area contributed by atoms with Crippen molar-refractivity contribution in [3.63, 3.8) is 0 Å². The molecule has 4 heteroatoms. The fraction of sp³-hybridized carbons (Fsp3) is 0.0909. The number of benzene rings is 1. The maximum absolute atomic E-state index is 13.3. The van der Waals surface area contributed by atoms with Crippen LogP contribution in [-0.4, -0.2) is 0 Å².